The molecule has 1 N–H and O–H groups in total. The van der Waals surface area contributed by atoms with E-state index in [1.807, 2.05) is 12.3 Å². The second-order valence-corrected chi connectivity index (χ2v) is 5.66. The first-order valence-electron chi connectivity index (χ1n) is 7.05. The summed E-state index contributed by atoms with van der Waals surface area (Å²) in [5.41, 5.74) is 1.27. The van der Waals surface area contributed by atoms with Gasteiger partial charge >= 0.3 is 0 Å². The minimum atomic E-state index is 0.853. The number of rotatable bonds is 5. The maximum absolute atomic E-state index is 4.46. The quantitative estimate of drug-likeness (QED) is 0.841. The van der Waals surface area contributed by atoms with Gasteiger partial charge in [-0.15, -0.1) is 0 Å². The molecular weight excluding hydrogens is 208 g/mol. The molecule has 2 aliphatic carbocycles. The largest absolute Gasteiger partial charge is 0.314 e. The smallest absolute Gasteiger partial charge is 0.0406 e. The van der Waals surface area contributed by atoms with Gasteiger partial charge in [-0.2, -0.15) is 0 Å². The average molecular weight is 230 g/mol. The van der Waals surface area contributed by atoms with Crippen LogP contribution in [0.1, 0.15) is 37.8 Å². The van der Waals surface area contributed by atoms with E-state index in [0.29, 0.717) is 0 Å². The second kappa shape index (κ2) is 5.18. The van der Waals surface area contributed by atoms with Gasteiger partial charge in [0.05, 0.1) is 0 Å². The molecule has 2 unspecified atom stereocenters. The highest BCUT2D eigenvalue weighted by molar-refractivity contribution is 5.05. The van der Waals surface area contributed by atoms with Crippen molar-refractivity contribution in [3.05, 3.63) is 30.1 Å². The minimum Gasteiger partial charge on any atom is -0.314 e. The van der Waals surface area contributed by atoms with Crippen molar-refractivity contribution in [2.75, 3.05) is 6.54 Å². The van der Waals surface area contributed by atoms with E-state index in [1.165, 1.54) is 50.8 Å². The molecular formula is C15H22N2. The number of hydrogen-bond acceptors (Lipinski definition) is 2. The lowest BCUT2D eigenvalue weighted by Crippen LogP contribution is -2.27. The van der Waals surface area contributed by atoms with Crippen molar-refractivity contribution < 1.29 is 0 Å². The van der Waals surface area contributed by atoms with Crippen LogP contribution in [0, 0.1) is 11.8 Å². The molecule has 3 rings (SSSR count). The van der Waals surface area contributed by atoms with Gasteiger partial charge in [0, 0.05) is 17.9 Å². The summed E-state index contributed by atoms with van der Waals surface area (Å²) in [6.07, 6.45) is 10.1. The van der Waals surface area contributed by atoms with E-state index in [0.717, 1.165) is 17.9 Å². The molecule has 92 valence electrons. The van der Waals surface area contributed by atoms with Crippen LogP contribution in [-0.2, 0) is 6.42 Å². The Morgan fingerprint density at radius 1 is 1.12 bits per heavy atom. The highest BCUT2D eigenvalue weighted by Crippen LogP contribution is 2.34. The van der Waals surface area contributed by atoms with Crippen LogP contribution < -0.4 is 5.32 Å². The van der Waals surface area contributed by atoms with Gasteiger partial charge in [-0.25, -0.2) is 0 Å². The SMILES string of the molecule is c1ccc(CC2CCCC2CNC2CC2)nc1. The summed E-state index contributed by atoms with van der Waals surface area (Å²) in [5.74, 6) is 1.74. The van der Waals surface area contributed by atoms with E-state index in [4.69, 9.17) is 0 Å². The molecule has 0 spiro atoms. The molecule has 1 aromatic rings. The lowest BCUT2D eigenvalue weighted by atomic mass is 9.91. The zero-order valence-electron chi connectivity index (χ0n) is 10.4. The van der Waals surface area contributed by atoms with Crippen LogP contribution in [0.2, 0.25) is 0 Å². The number of aromatic nitrogens is 1. The molecule has 0 amide bonds. The minimum absolute atomic E-state index is 0.853. The first kappa shape index (κ1) is 11.2. The maximum Gasteiger partial charge on any atom is 0.0406 e. The zero-order chi connectivity index (χ0) is 11.5. The summed E-state index contributed by atoms with van der Waals surface area (Å²) in [7, 11) is 0. The Kier molecular flexibility index (Phi) is 3.41. The molecule has 17 heavy (non-hydrogen) atoms. The predicted molar refractivity (Wildman–Crippen MR) is 69.8 cm³/mol. The first-order valence-corrected chi connectivity index (χ1v) is 7.05. The van der Waals surface area contributed by atoms with E-state index in [9.17, 15) is 0 Å². The summed E-state index contributed by atoms with van der Waals surface area (Å²) in [6, 6.07) is 7.13. The van der Waals surface area contributed by atoms with E-state index >= 15 is 0 Å². The molecule has 2 aliphatic rings. The fourth-order valence-corrected chi connectivity index (χ4v) is 3.04. The fourth-order valence-electron chi connectivity index (χ4n) is 3.04. The van der Waals surface area contributed by atoms with Crippen LogP contribution in [-0.4, -0.2) is 17.6 Å². The van der Waals surface area contributed by atoms with E-state index in [2.05, 4.69) is 22.4 Å². The van der Waals surface area contributed by atoms with E-state index in [1.54, 1.807) is 0 Å². The van der Waals surface area contributed by atoms with Crippen molar-refractivity contribution >= 4 is 0 Å². The van der Waals surface area contributed by atoms with Gasteiger partial charge in [0.2, 0.25) is 0 Å². The molecule has 1 heterocycles. The summed E-state index contributed by atoms with van der Waals surface area (Å²) in [6.45, 7) is 1.24. The molecule has 2 fully saturated rings. The summed E-state index contributed by atoms with van der Waals surface area (Å²) in [4.78, 5) is 4.46. The normalized spacial score (nSPS) is 28.5. The average Bonchev–Trinajstić information content (AvgIpc) is 3.09. The van der Waals surface area contributed by atoms with Crippen LogP contribution in [0.15, 0.2) is 24.4 Å². The molecule has 2 atom stereocenters. The van der Waals surface area contributed by atoms with Gasteiger partial charge in [0.25, 0.3) is 0 Å². The van der Waals surface area contributed by atoms with Gasteiger partial charge in [0.1, 0.15) is 0 Å². The molecule has 1 aromatic heterocycles. The highest BCUT2D eigenvalue weighted by Gasteiger charge is 2.29. The summed E-state index contributed by atoms with van der Waals surface area (Å²) < 4.78 is 0. The maximum atomic E-state index is 4.46. The topological polar surface area (TPSA) is 24.9 Å². The van der Waals surface area contributed by atoms with E-state index in [-0.39, 0.29) is 0 Å². The Morgan fingerprint density at radius 2 is 2.00 bits per heavy atom. The number of nitrogens with one attached hydrogen (secondary N) is 1. The molecule has 0 aliphatic heterocycles. The van der Waals surface area contributed by atoms with Crippen molar-refractivity contribution in [1.82, 2.24) is 10.3 Å². The van der Waals surface area contributed by atoms with Crippen LogP contribution in [0.3, 0.4) is 0 Å². The van der Waals surface area contributed by atoms with Gasteiger partial charge in [-0.05, 0) is 62.6 Å². The van der Waals surface area contributed by atoms with Crippen molar-refractivity contribution in [2.24, 2.45) is 11.8 Å². The van der Waals surface area contributed by atoms with E-state index < -0.39 is 0 Å². The Bertz CT molecular complexity index is 345. The molecule has 0 aromatic carbocycles. The third-order valence-corrected chi connectivity index (χ3v) is 4.26. The lowest BCUT2D eigenvalue weighted by molar-refractivity contribution is 0.361. The number of hydrogen-bond donors (Lipinski definition) is 1. The van der Waals surface area contributed by atoms with Crippen molar-refractivity contribution in [3.63, 3.8) is 0 Å². The van der Waals surface area contributed by atoms with Crippen LogP contribution in [0.4, 0.5) is 0 Å². The lowest BCUT2D eigenvalue weighted by Gasteiger charge is -2.19. The monoisotopic (exact) mass is 230 g/mol. The van der Waals surface area contributed by atoms with Crippen LogP contribution in [0.25, 0.3) is 0 Å². The van der Waals surface area contributed by atoms with Crippen molar-refractivity contribution in [3.8, 4) is 0 Å². The van der Waals surface area contributed by atoms with Crippen molar-refractivity contribution in [2.45, 2.75) is 44.6 Å². The van der Waals surface area contributed by atoms with Crippen LogP contribution >= 0.6 is 0 Å². The summed E-state index contributed by atoms with van der Waals surface area (Å²) in [5, 5.41) is 3.69. The number of pyridine rings is 1. The standard InChI is InChI=1S/C15H22N2/c1-2-9-16-15(6-1)10-12-4-3-5-13(12)11-17-14-7-8-14/h1-2,6,9,12-14,17H,3-5,7-8,10-11H2. The molecule has 2 heteroatoms. The molecule has 0 bridgehead atoms. The van der Waals surface area contributed by atoms with Gasteiger partial charge in [-0.3, -0.25) is 4.98 Å². The van der Waals surface area contributed by atoms with Crippen LogP contribution in [0.5, 0.6) is 0 Å². The molecule has 2 saturated carbocycles. The third-order valence-electron chi connectivity index (χ3n) is 4.26. The fraction of sp³-hybridized carbons (Fsp3) is 0.667. The Morgan fingerprint density at radius 3 is 2.76 bits per heavy atom. The molecule has 0 saturated heterocycles. The van der Waals surface area contributed by atoms with Gasteiger partial charge < -0.3 is 5.32 Å². The molecule has 0 radical (unpaired) electrons. The number of nitrogens with zero attached hydrogens (tertiary/aromatic N) is 1. The Labute approximate surface area is 104 Å². The first-order chi connectivity index (χ1) is 8.42. The Hall–Kier alpha value is -0.890. The van der Waals surface area contributed by atoms with Gasteiger partial charge in [0.15, 0.2) is 0 Å². The summed E-state index contributed by atoms with van der Waals surface area (Å²) >= 11 is 0. The second-order valence-electron chi connectivity index (χ2n) is 5.66. The highest BCUT2D eigenvalue weighted by atomic mass is 14.9. The van der Waals surface area contributed by atoms with Gasteiger partial charge in [-0.1, -0.05) is 12.5 Å². The van der Waals surface area contributed by atoms with Crippen molar-refractivity contribution in [1.29, 1.82) is 0 Å². The third kappa shape index (κ3) is 3.06. The Balaban J connectivity index is 1.53. The predicted octanol–water partition coefficient (Wildman–Crippen LogP) is 2.79. The zero-order valence-corrected chi connectivity index (χ0v) is 10.4. The molecule has 2 nitrogen and oxygen atoms in total.